The van der Waals surface area contributed by atoms with E-state index in [1.54, 1.807) is 18.3 Å². The van der Waals surface area contributed by atoms with Crippen molar-refractivity contribution in [2.24, 2.45) is 0 Å². The van der Waals surface area contributed by atoms with Crippen LogP contribution in [-0.2, 0) is 16.1 Å². The minimum atomic E-state index is -0.875. The van der Waals surface area contributed by atoms with E-state index in [0.29, 0.717) is 11.4 Å². The third-order valence-electron chi connectivity index (χ3n) is 6.28. The zero-order valence-electron chi connectivity index (χ0n) is 22.3. The van der Waals surface area contributed by atoms with Crippen molar-refractivity contribution in [1.29, 1.82) is 0 Å². The Hall–Kier alpha value is -4.84. The molecule has 0 aliphatic rings. The van der Waals surface area contributed by atoms with E-state index in [1.807, 2.05) is 24.3 Å². The molecule has 11 nitrogen and oxygen atoms in total. The van der Waals surface area contributed by atoms with E-state index >= 15 is 0 Å². The monoisotopic (exact) mass is 579 g/mol. The van der Waals surface area contributed by atoms with Gasteiger partial charge in [-0.25, -0.2) is 23.9 Å². The molecule has 0 spiro atoms. The molecule has 2 N–H and O–H groups in total. The molecule has 2 aromatic carbocycles. The zero-order valence-corrected chi connectivity index (χ0v) is 23.0. The van der Waals surface area contributed by atoms with Gasteiger partial charge in [-0.3, -0.25) is 20.0 Å². The van der Waals surface area contributed by atoms with E-state index in [1.165, 1.54) is 54.6 Å². The van der Waals surface area contributed by atoms with Crippen molar-refractivity contribution in [1.82, 2.24) is 25.2 Å². The van der Waals surface area contributed by atoms with Crippen molar-refractivity contribution in [2.75, 3.05) is 30.9 Å². The summed E-state index contributed by atoms with van der Waals surface area (Å²) in [6.07, 6.45) is 4.95. The first-order valence-corrected chi connectivity index (χ1v) is 12.9. The summed E-state index contributed by atoms with van der Waals surface area (Å²) in [5.74, 6) is -0.418. The molecule has 0 radical (unpaired) electrons. The third kappa shape index (κ3) is 7.63. The second-order valence-corrected chi connectivity index (χ2v) is 9.37. The molecule has 0 aliphatic heterocycles. The predicted molar refractivity (Wildman–Crippen MR) is 152 cm³/mol. The lowest BCUT2D eigenvalue weighted by molar-refractivity contribution is -0.119. The molecule has 0 bridgehead atoms. The van der Waals surface area contributed by atoms with Gasteiger partial charge >= 0.3 is 12.1 Å². The number of benzene rings is 2. The molecule has 0 fully saturated rings. The van der Waals surface area contributed by atoms with E-state index in [9.17, 15) is 18.8 Å². The highest BCUT2D eigenvalue weighted by atomic mass is 35.5. The Morgan fingerprint density at radius 1 is 1.02 bits per heavy atom. The maximum absolute atomic E-state index is 13.8. The molecule has 2 aromatic heterocycles. The normalized spacial score (nSPS) is 11.4. The molecule has 0 unspecified atom stereocenters. The van der Waals surface area contributed by atoms with Crippen LogP contribution in [0.15, 0.2) is 73.3 Å². The van der Waals surface area contributed by atoms with Crippen LogP contribution in [0.1, 0.15) is 12.0 Å². The average Bonchev–Trinajstić information content (AvgIpc) is 2.99. The smallest absolute Gasteiger partial charge is 0.412 e. The predicted octanol–water partition coefficient (Wildman–Crippen LogP) is 4.63. The molecule has 4 amide bonds. The molecule has 0 saturated heterocycles. The number of nitrogens with one attached hydrogen (secondary N) is 2. The summed E-state index contributed by atoms with van der Waals surface area (Å²) < 4.78 is 19.2. The number of pyridine rings is 1. The van der Waals surface area contributed by atoms with Crippen LogP contribution in [-0.4, -0.2) is 64.6 Å². The quantitative estimate of drug-likeness (QED) is 0.296. The Kier molecular flexibility index (Phi) is 9.59. The van der Waals surface area contributed by atoms with Gasteiger partial charge < -0.3 is 15.0 Å². The van der Waals surface area contributed by atoms with E-state index in [4.69, 9.17) is 16.3 Å². The van der Waals surface area contributed by atoms with Gasteiger partial charge in [0.15, 0.2) is 5.82 Å². The Balaban J connectivity index is 1.43. The molecule has 212 valence electrons. The standard InChI is InChI=1S/C28H27ClFN7O4/c1-36(27(39)34-15-20-8-5-9-22(30)26(20)29)21(13-25(38)37(2)24-16-31-10-11-32-24)17-41-28(40)35-23-12-18-6-3-4-7-19(18)14-33-23/h3-12,14,16,21H,13,15,17H2,1-2H3,(H,34,39)(H,33,35,40)/t21-/m0/s1. The molecule has 2 heterocycles. The van der Waals surface area contributed by atoms with Crippen molar-refractivity contribution in [3.8, 4) is 0 Å². The maximum Gasteiger partial charge on any atom is 0.412 e. The minimum absolute atomic E-state index is 0.0606. The fourth-order valence-electron chi connectivity index (χ4n) is 3.85. The lowest BCUT2D eigenvalue weighted by Gasteiger charge is -2.29. The Morgan fingerprint density at radius 2 is 1.80 bits per heavy atom. The highest BCUT2D eigenvalue weighted by molar-refractivity contribution is 6.31. The van der Waals surface area contributed by atoms with Gasteiger partial charge in [0.1, 0.15) is 18.2 Å². The second-order valence-electron chi connectivity index (χ2n) is 9.00. The fourth-order valence-corrected chi connectivity index (χ4v) is 4.04. The zero-order chi connectivity index (χ0) is 29.4. The number of likely N-dealkylation sites (N-methyl/N-ethyl adjacent to an activating group) is 1. The Morgan fingerprint density at radius 3 is 2.56 bits per heavy atom. The van der Waals surface area contributed by atoms with Crippen molar-refractivity contribution in [3.05, 3.63) is 89.7 Å². The number of nitrogens with zero attached hydrogens (tertiary/aromatic N) is 5. The number of hydrogen-bond donors (Lipinski definition) is 2. The summed E-state index contributed by atoms with van der Waals surface area (Å²) in [6, 6.07) is 12.0. The maximum atomic E-state index is 13.8. The Labute approximate surface area is 240 Å². The minimum Gasteiger partial charge on any atom is -0.447 e. The van der Waals surface area contributed by atoms with Crippen LogP contribution >= 0.6 is 11.6 Å². The number of carbonyl (C=O) groups excluding carboxylic acids is 3. The second kappa shape index (κ2) is 13.5. The van der Waals surface area contributed by atoms with Crippen LogP contribution in [0.2, 0.25) is 5.02 Å². The third-order valence-corrected chi connectivity index (χ3v) is 6.70. The van der Waals surface area contributed by atoms with Gasteiger partial charge in [-0.1, -0.05) is 48.0 Å². The first-order chi connectivity index (χ1) is 19.7. The number of carbonyl (C=O) groups is 3. The molecule has 4 rings (SSSR count). The van der Waals surface area contributed by atoms with E-state index in [0.717, 1.165) is 10.8 Å². The van der Waals surface area contributed by atoms with Crippen molar-refractivity contribution in [3.63, 3.8) is 0 Å². The molecule has 4 aromatic rings. The van der Waals surface area contributed by atoms with Gasteiger partial charge in [0.25, 0.3) is 0 Å². The van der Waals surface area contributed by atoms with Crippen LogP contribution in [0.3, 0.4) is 0 Å². The van der Waals surface area contributed by atoms with Gasteiger partial charge in [0.05, 0.1) is 23.7 Å². The number of rotatable bonds is 9. The number of fused-ring (bicyclic) bond motifs is 1. The largest absolute Gasteiger partial charge is 0.447 e. The van der Waals surface area contributed by atoms with Crippen LogP contribution in [0, 0.1) is 5.82 Å². The van der Waals surface area contributed by atoms with Gasteiger partial charge in [-0.2, -0.15) is 0 Å². The lowest BCUT2D eigenvalue weighted by atomic mass is 10.1. The number of ether oxygens (including phenoxy) is 1. The lowest BCUT2D eigenvalue weighted by Crippen LogP contribution is -2.48. The number of urea groups is 1. The van der Waals surface area contributed by atoms with Gasteiger partial charge in [-0.15, -0.1) is 0 Å². The van der Waals surface area contributed by atoms with Crippen LogP contribution in [0.4, 0.5) is 25.6 Å². The first kappa shape index (κ1) is 29.2. The molecule has 41 heavy (non-hydrogen) atoms. The van der Waals surface area contributed by atoms with Crippen molar-refractivity contribution in [2.45, 2.75) is 19.0 Å². The molecule has 0 saturated carbocycles. The van der Waals surface area contributed by atoms with Crippen LogP contribution < -0.4 is 15.5 Å². The molecule has 13 heteroatoms. The molecule has 1 atom stereocenters. The summed E-state index contributed by atoms with van der Waals surface area (Å²) in [5, 5.41) is 6.89. The summed E-state index contributed by atoms with van der Waals surface area (Å²) in [5.41, 5.74) is 0.377. The number of anilines is 2. The topological polar surface area (TPSA) is 130 Å². The summed E-state index contributed by atoms with van der Waals surface area (Å²) >= 11 is 5.99. The number of aromatic nitrogens is 3. The summed E-state index contributed by atoms with van der Waals surface area (Å²) in [7, 11) is 2.98. The van der Waals surface area contributed by atoms with Crippen LogP contribution in [0.5, 0.6) is 0 Å². The average molecular weight is 580 g/mol. The van der Waals surface area contributed by atoms with Crippen molar-refractivity contribution >= 4 is 52.0 Å². The van der Waals surface area contributed by atoms with E-state index in [2.05, 4.69) is 25.6 Å². The SMILES string of the molecule is CN(C(=O)C[C@@H](COC(=O)Nc1cc2ccccc2cn1)N(C)C(=O)NCc1cccc(F)c1Cl)c1cnccn1. The summed E-state index contributed by atoms with van der Waals surface area (Å²) in [6.45, 7) is -0.376. The fraction of sp³-hybridized carbons (Fsp3) is 0.214. The number of amides is 4. The van der Waals surface area contributed by atoms with Gasteiger partial charge in [0.2, 0.25) is 5.91 Å². The van der Waals surface area contributed by atoms with Gasteiger partial charge in [-0.05, 0) is 23.1 Å². The highest BCUT2D eigenvalue weighted by Crippen LogP contribution is 2.20. The molecular formula is C28H27ClFN7O4. The summed E-state index contributed by atoms with van der Waals surface area (Å²) in [4.78, 5) is 53.5. The van der Waals surface area contributed by atoms with E-state index < -0.39 is 29.9 Å². The van der Waals surface area contributed by atoms with Crippen LogP contribution in [0.25, 0.3) is 10.8 Å². The van der Waals surface area contributed by atoms with E-state index in [-0.39, 0.29) is 30.4 Å². The van der Waals surface area contributed by atoms with Crippen molar-refractivity contribution < 1.29 is 23.5 Å². The number of hydrogen-bond acceptors (Lipinski definition) is 7. The first-order valence-electron chi connectivity index (χ1n) is 12.5. The van der Waals surface area contributed by atoms with Gasteiger partial charge in [0, 0.05) is 44.6 Å². The molecular weight excluding hydrogens is 553 g/mol. The Bertz CT molecular complexity index is 1540. The molecule has 0 aliphatic carbocycles. The highest BCUT2D eigenvalue weighted by Gasteiger charge is 2.27. The number of halogens is 2.